The van der Waals surface area contributed by atoms with Crippen LogP contribution in [-0.4, -0.2) is 57.1 Å². The Labute approximate surface area is 215 Å². The zero-order chi connectivity index (χ0) is 26.9. The van der Waals surface area contributed by atoms with Crippen molar-refractivity contribution in [2.45, 2.75) is 65.6 Å². The van der Waals surface area contributed by atoms with Gasteiger partial charge in [0, 0.05) is 25.6 Å². The second-order valence-corrected chi connectivity index (χ2v) is 11.0. The van der Waals surface area contributed by atoms with E-state index < -0.39 is 16.1 Å². The van der Waals surface area contributed by atoms with Crippen molar-refractivity contribution in [1.82, 2.24) is 10.2 Å². The molecule has 198 valence electrons. The third-order valence-corrected chi connectivity index (χ3v) is 7.29. The van der Waals surface area contributed by atoms with Crippen molar-refractivity contribution in [3.05, 3.63) is 59.7 Å². The molecule has 0 spiro atoms. The molecule has 0 aliphatic carbocycles. The van der Waals surface area contributed by atoms with Gasteiger partial charge in [-0.2, -0.15) is 0 Å². The number of carbonyl (C=O) groups is 2. The smallest absolute Gasteiger partial charge is 0.242 e. The summed E-state index contributed by atoms with van der Waals surface area (Å²) in [5.41, 5.74) is 2.42. The third kappa shape index (κ3) is 8.26. The first-order valence-electron chi connectivity index (χ1n) is 12.2. The summed E-state index contributed by atoms with van der Waals surface area (Å²) in [7, 11) is -2.12. The molecule has 8 nitrogen and oxygen atoms in total. The molecule has 2 aromatic rings. The molecular formula is C27H39N3O5S. The van der Waals surface area contributed by atoms with Gasteiger partial charge in [0.2, 0.25) is 21.8 Å². The zero-order valence-electron chi connectivity index (χ0n) is 22.2. The SMILES string of the molecule is CCC(C)NC(=O)C(C)N(Cc1cccc(C)c1)C(=O)CCCN(c1ccccc1OC)S(C)(=O)=O. The molecule has 2 atom stereocenters. The number of methoxy groups -OCH3 is 1. The van der Waals surface area contributed by atoms with E-state index in [1.165, 1.54) is 11.4 Å². The molecule has 0 radical (unpaired) electrons. The van der Waals surface area contributed by atoms with Crippen LogP contribution in [0, 0.1) is 6.92 Å². The van der Waals surface area contributed by atoms with Crippen LogP contribution in [0.3, 0.4) is 0 Å². The minimum Gasteiger partial charge on any atom is -0.495 e. The summed E-state index contributed by atoms with van der Waals surface area (Å²) in [5.74, 6) is 0.0135. The quantitative estimate of drug-likeness (QED) is 0.435. The molecule has 0 aliphatic heterocycles. The van der Waals surface area contributed by atoms with Gasteiger partial charge in [0.15, 0.2) is 0 Å². The maximum atomic E-state index is 13.4. The Morgan fingerprint density at radius 2 is 1.78 bits per heavy atom. The summed E-state index contributed by atoms with van der Waals surface area (Å²) >= 11 is 0. The Morgan fingerprint density at radius 1 is 1.08 bits per heavy atom. The lowest BCUT2D eigenvalue weighted by molar-refractivity contribution is -0.140. The van der Waals surface area contributed by atoms with Crippen LogP contribution < -0.4 is 14.4 Å². The highest BCUT2D eigenvalue weighted by atomic mass is 32.2. The number of anilines is 1. The van der Waals surface area contributed by atoms with Gasteiger partial charge in [-0.15, -0.1) is 0 Å². The first-order chi connectivity index (χ1) is 17.0. The number of carbonyl (C=O) groups excluding carboxylic acids is 2. The van der Waals surface area contributed by atoms with Gasteiger partial charge in [0.1, 0.15) is 11.8 Å². The van der Waals surface area contributed by atoms with Crippen molar-refractivity contribution in [1.29, 1.82) is 0 Å². The number of nitrogens with one attached hydrogen (secondary N) is 1. The molecule has 1 N–H and O–H groups in total. The number of sulfonamides is 1. The topological polar surface area (TPSA) is 96.0 Å². The highest BCUT2D eigenvalue weighted by Crippen LogP contribution is 2.29. The Kier molecular flexibility index (Phi) is 10.8. The number of para-hydroxylation sites is 2. The fourth-order valence-corrected chi connectivity index (χ4v) is 4.84. The monoisotopic (exact) mass is 517 g/mol. The lowest BCUT2D eigenvalue weighted by atomic mass is 10.1. The molecule has 2 unspecified atom stereocenters. The third-order valence-electron chi connectivity index (χ3n) is 6.11. The normalized spacial score (nSPS) is 12.9. The van der Waals surface area contributed by atoms with E-state index in [4.69, 9.17) is 4.74 Å². The summed E-state index contributed by atoms with van der Waals surface area (Å²) in [6.45, 7) is 8.01. The second-order valence-electron chi connectivity index (χ2n) is 9.12. The van der Waals surface area contributed by atoms with Gasteiger partial charge >= 0.3 is 0 Å². The summed E-state index contributed by atoms with van der Waals surface area (Å²) in [6.07, 6.45) is 2.29. The van der Waals surface area contributed by atoms with Crippen LogP contribution in [-0.2, 0) is 26.2 Å². The summed E-state index contributed by atoms with van der Waals surface area (Å²) < 4.78 is 31.7. The molecule has 0 aliphatic rings. The Hall–Kier alpha value is -3.07. The molecule has 0 saturated carbocycles. The number of hydrogen-bond acceptors (Lipinski definition) is 5. The van der Waals surface area contributed by atoms with Crippen molar-refractivity contribution in [2.75, 3.05) is 24.2 Å². The number of amides is 2. The van der Waals surface area contributed by atoms with Gasteiger partial charge in [-0.25, -0.2) is 8.42 Å². The minimum atomic E-state index is -3.60. The fraction of sp³-hybridized carbons (Fsp3) is 0.481. The van der Waals surface area contributed by atoms with Crippen molar-refractivity contribution in [3.8, 4) is 5.75 Å². The predicted molar refractivity (Wildman–Crippen MR) is 144 cm³/mol. The van der Waals surface area contributed by atoms with E-state index in [0.29, 0.717) is 11.4 Å². The van der Waals surface area contributed by atoms with Gasteiger partial charge in [-0.1, -0.05) is 48.9 Å². The lowest BCUT2D eigenvalue weighted by Crippen LogP contribution is -2.49. The van der Waals surface area contributed by atoms with Gasteiger partial charge < -0.3 is 15.0 Å². The maximum absolute atomic E-state index is 13.4. The minimum absolute atomic E-state index is 0.0000403. The largest absolute Gasteiger partial charge is 0.495 e. The van der Waals surface area contributed by atoms with E-state index in [9.17, 15) is 18.0 Å². The van der Waals surface area contributed by atoms with Gasteiger partial charge in [0.05, 0.1) is 19.1 Å². The number of hydrogen-bond donors (Lipinski definition) is 1. The van der Waals surface area contributed by atoms with Gasteiger partial charge in [-0.05, 0) is 51.3 Å². The van der Waals surface area contributed by atoms with E-state index in [1.807, 2.05) is 45.0 Å². The molecule has 2 rings (SSSR count). The number of ether oxygens (including phenoxy) is 1. The first kappa shape index (κ1) is 29.2. The fourth-order valence-electron chi connectivity index (χ4n) is 3.87. The second kappa shape index (κ2) is 13.3. The van der Waals surface area contributed by atoms with Crippen LogP contribution in [0.2, 0.25) is 0 Å². The summed E-state index contributed by atoms with van der Waals surface area (Å²) in [4.78, 5) is 27.8. The van der Waals surface area contributed by atoms with Gasteiger partial charge in [0.25, 0.3) is 0 Å². The number of benzene rings is 2. The van der Waals surface area contributed by atoms with Crippen LogP contribution in [0.15, 0.2) is 48.5 Å². The van der Waals surface area contributed by atoms with E-state index in [1.54, 1.807) is 36.1 Å². The Balaban J connectivity index is 2.20. The van der Waals surface area contributed by atoms with E-state index in [2.05, 4.69) is 5.32 Å². The molecule has 2 amide bonds. The highest BCUT2D eigenvalue weighted by Gasteiger charge is 2.27. The van der Waals surface area contributed by atoms with Crippen molar-refractivity contribution in [2.24, 2.45) is 0 Å². The molecule has 2 aromatic carbocycles. The van der Waals surface area contributed by atoms with E-state index in [-0.39, 0.29) is 43.8 Å². The summed E-state index contributed by atoms with van der Waals surface area (Å²) in [6, 6.07) is 14.0. The first-order valence-corrected chi connectivity index (χ1v) is 14.1. The molecule has 0 heterocycles. The summed E-state index contributed by atoms with van der Waals surface area (Å²) in [5, 5.41) is 2.96. The molecule has 0 fully saturated rings. The van der Waals surface area contributed by atoms with Crippen LogP contribution in [0.1, 0.15) is 51.2 Å². The molecule has 0 saturated heterocycles. The average Bonchev–Trinajstić information content (AvgIpc) is 2.83. The molecule has 9 heteroatoms. The Morgan fingerprint density at radius 3 is 2.39 bits per heavy atom. The lowest BCUT2D eigenvalue weighted by Gasteiger charge is -2.30. The Bertz CT molecular complexity index is 1140. The zero-order valence-corrected chi connectivity index (χ0v) is 23.0. The van der Waals surface area contributed by atoms with Crippen LogP contribution in [0.25, 0.3) is 0 Å². The van der Waals surface area contributed by atoms with E-state index >= 15 is 0 Å². The predicted octanol–water partition coefficient (Wildman–Crippen LogP) is 3.88. The highest BCUT2D eigenvalue weighted by molar-refractivity contribution is 7.92. The number of nitrogens with zero attached hydrogens (tertiary/aromatic N) is 2. The van der Waals surface area contributed by atoms with Crippen LogP contribution >= 0.6 is 0 Å². The molecular weight excluding hydrogens is 478 g/mol. The van der Waals surface area contributed by atoms with Crippen LogP contribution in [0.4, 0.5) is 5.69 Å². The van der Waals surface area contributed by atoms with E-state index in [0.717, 1.165) is 23.8 Å². The number of aryl methyl sites for hydroxylation is 1. The van der Waals surface area contributed by atoms with Crippen molar-refractivity contribution < 1.29 is 22.7 Å². The van der Waals surface area contributed by atoms with Gasteiger partial charge in [-0.3, -0.25) is 13.9 Å². The number of rotatable bonds is 13. The molecule has 36 heavy (non-hydrogen) atoms. The average molecular weight is 518 g/mol. The molecule has 0 bridgehead atoms. The van der Waals surface area contributed by atoms with Crippen molar-refractivity contribution in [3.63, 3.8) is 0 Å². The van der Waals surface area contributed by atoms with Crippen molar-refractivity contribution >= 4 is 27.5 Å². The molecule has 0 aromatic heterocycles. The van der Waals surface area contributed by atoms with Crippen LogP contribution in [0.5, 0.6) is 5.75 Å². The standard InChI is InChI=1S/C27H39N3O5S/c1-7-21(3)28-27(32)22(4)29(19-23-13-10-12-20(2)18-23)26(31)16-11-17-30(36(6,33)34)24-14-8-9-15-25(24)35-5/h8-10,12-15,18,21-22H,7,11,16-17,19H2,1-6H3,(H,28,32). The maximum Gasteiger partial charge on any atom is 0.242 e.